The molecule has 0 amide bonds. The molecule has 21 heavy (non-hydrogen) atoms. The zero-order valence-electron chi connectivity index (χ0n) is 11.3. The van der Waals surface area contributed by atoms with Crippen LogP contribution in [0, 0.1) is 0 Å². The summed E-state index contributed by atoms with van der Waals surface area (Å²) in [7, 11) is -0.691. The number of nitrogens with one attached hydrogen (secondary N) is 2. The molecule has 10 heteroatoms. The highest BCUT2D eigenvalue weighted by Crippen LogP contribution is 2.15. The molecule has 0 unspecified atom stereocenters. The molecule has 0 saturated carbocycles. The summed E-state index contributed by atoms with van der Waals surface area (Å²) in [5.74, 6) is 7.96. The first kappa shape index (κ1) is 13.9. The third kappa shape index (κ3) is 3.34. The van der Waals surface area contributed by atoms with Crippen molar-refractivity contribution in [2.24, 2.45) is 5.84 Å². The maximum absolute atomic E-state index is 11.4. The monoisotopic (exact) mass is 308 g/mol. The summed E-state index contributed by atoms with van der Waals surface area (Å²) in [4.78, 5) is 16.7. The van der Waals surface area contributed by atoms with Crippen LogP contribution in [0.5, 0.6) is 0 Å². The molecular formula is C11H16N8OS. The second-order valence-corrected chi connectivity index (χ2v) is 6.36. The van der Waals surface area contributed by atoms with Gasteiger partial charge in [-0.05, 0) is 12.8 Å². The van der Waals surface area contributed by atoms with Gasteiger partial charge in [-0.2, -0.15) is 15.0 Å². The van der Waals surface area contributed by atoms with Crippen LogP contribution in [0.2, 0.25) is 0 Å². The van der Waals surface area contributed by atoms with E-state index in [-0.39, 0.29) is 12.0 Å². The van der Waals surface area contributed by atoms with E-state index in [1.807, 2.05) is 0 Å². The Morgan fingerprint density at radius 1 is 1.24 bits per heavy atom. The third-order valence-corrected chi connectivity index (χ3v) is 4.59. The van der Waals surface area contributed by atoms with Gasteiger partial charge in [0.2, 0.25) is 17.8 Å². The predicted octanol–water partition coefficient (Wildman–Crippen LogP) is -0.334. The summed E-state index contributed by atoms with van der Waals surface area (Å²) in [5.41, 5.74) is 2.43. The van der Waals surface area contributed by atoms with Crippen molar-refractivity contribution in [1.29, 1.82) is 0 Å². The fourth-order valence-electron chi connectivity index (χ4n) is 2.11. The van der Waals surface area contributed by atoms with Gasteiger partial charge in [-0.1, -0.05) is 0 Å². The lowest BCUT2D eigenvalue weighted by Crippen LogP contribution is -2.30. The Bertz CT molecular complexity index is 621. The summed E-state index contributed by atoms with van der Waals surface area (Å²) in [6.07, 6.45) is 6.66. The highest BCUT2D eigenvalue weighted by Gasteiger charge is 2.19. The van der Waals surface area contributed by atoms with E-state index < -0.39 is 10.8 Å². The Morgan fingerprint density at radius 2 is 2.00 bits per heavy atom. The number of rotatable bonds is 4. The maximum atomic E-state index is 11.4. The van der Waals surface area contributed by atoms with Crippen molar-refractivity contribution in [2.75, 3.05) is 22.2 Å². The molecule has 0 bridgehead atoms. The van der Waals surface area contributed by atoms with Gasteiger partial charge in [0.1, 0.15) is 6.33 Å². The normalized spacial score (nSPS) is 22.0. The Balaban J connectivity index is 1.81. The number of nitrogens with zero attached hydrogens (tertiary/aromatic N) is 5. The van der Waals surface area contributed by atoms with Gasteiger partial charge in [-0.3, -0.25) is 14.2 Å². The largest absolute Gasteiger partial charge is 0.351 e. The van der Waals surface area contributed by atoms with Crippen LogP contribution >= 0.6 is 0 Å². The van der Waals surface area contributed by atoms with E-state index in [2.05, 4.69) is 30.7 Å². The lowest BCUT2D eigenvalue weighted by molar-refractivity contribution is 0.620. The van der Waals surface area contributed by atoms with E-state index in [1.165, 1.54) is 0 Å². The van der Waals surface area contributed by atoms with Crippen LogP contribution in [0.15, 0.2) is 18.7 Å². The van der Waals surface area contributed by atoms with Crippen LogP contribution in [-0.4, -0.2) is 46.3 Å². The van der Waals surface area contributed by atoms with Crippen molar-refractivity contribution in [3.8, 4) is 5.95 Å². The SMILES string of the molecule is NNc1nc(NC2CCS(=O)CC2)nc(-n2ccnc2)n1. The van der Waals surface area contributed by atoms with E-state index >= 15 is 0 Å². The van der Waals surface area contributed by atoms with E-state index in [0.717, 1.165) is 12.8 Å². The second-order valence-electron chi connectivity index (χ2n) is 4.66. The van der Waals surface area contributed by atoms with Crippen LogP contribution in [-0.2, 0) is 10.8 Å². The van der Waals surface area contributed by atoms with E-state index in [4.69, 9.17) is 5.84 Å². The van der Waals surface area contributed by atoms with Gasteiger partial charge in [-0.25, -0.2) is 10.8 Å². The summed E-state index contributed by atoms with van der Waals surface area (Å²) < 4.78 is 13.0. The minimum Gasteiger partial charge on any atom is -0.351 e. The van der Waals surface area contributed by atoms with Gasteiger partial charge in [-0.15, -0.1) is 0 Å². The fourth-order valence-corrected chi connectivity index (χ4v) is 3.41. The van der Waals surface area contributed by atoms with Gasteiger partial charge in [0.05, 0.1) is 0 Å². The molecule has 2 aromatic heterocycles. The topological polar surface area (TPSA) is 124 Å². The molecule has 1 aliphatic heterocycles. The third-order valence-electron chi connectivity index (χ3n) is 3.21. The molecule has 0 aromatic carbocycles. The Morgan fingerprint density at radius 3 is 2.67 bits per heavy atom. The van der Waals surface area contributed by atoms with Crippen LogP contribution < -0.4 is 16.6 Å². The molecule has 1 aliphatic rings. The molecular weight excluding hydrogens is 292 g/mol. The van der Waals surface area contributed by atoms with E-state index in [0.29, 0.717) is 23.4 Å². The van der Waals surface area contributed by atoms with Gasteiger partial charge >= 0.3 is 0 Å². The first-order chi connectivity index (χ1) is 10.2. The summed E-state index contributed by atoms with van der Waals surface area (Å²) in [6.45, 7) is 0. The molecule has 0 radical (unpaired) electrons. The summed E-state index contributed by atoms with van der Waals surface area (Å²) in [6, 6.07) is 0.214. The Hall–Kier alpha value is -2.07. The number of nitrogens with two attached hydrogens (primary N) is 1. The first-order valence-electron chi connectivity index (χ1n) is 6.57. The maximum Gasteiger partial charge on any atom is 0.243 e. The van der Waals surface area contributed by atoms with Gasteiger partial charge in [0, 0.05) is 40.7 Å². The van der Waals surface area contributed by atoms with E-state index in [1.54, 1.807) is 23.3 Å². The molecule has 3 rings (SSSR count). The van der Waals surface area contributed by atoms with Crippen LogP contribution in [0.1, 0.15) is 12.8 Å². The molecule has 1 fully saturated rings. The zero-order chi connectivity index (χ0) is 14.7. The molecule has 2 aromatic rings. The Kier molecular flexibility index (Phi) is 4.06. The standard InChI is InChI=1S/C11H16N8OS/c12-18-10-15-9(14-8-1-5-21(20)6-2-8)16-11(17-10)19-4-3-13-7-19/h3-4,7-8H,1-2,5-6,12H2,(H2,14,15,16,17,18). The number of hydrogen-bond donors (Lipinski definition) is 3. The highest BCUT2D eigenvalue weighted by atomic mass is 32.2. The smallest absolute Gasteiger partial charge is 0.243 e. The highest BCUT2D eigenvalue weighted by molar-refractivity contribution is 7.85. The quantitative estimate of drug-likeness (QED) is 0.518. The van der Waals surface area contributed by atoms with Crippen molar-refractivity contribution in [2.45, 2.75) is 18.9 Å². The summed E-state index contributed by atoms with van der Waals surface area (Å²) in [5, 5.41) is 3.25. The number of imidazole rings is 1. The van der Waals surface area contributed by atoms with E-state index in [9.17, 15) is 4.21 Å². The molecule has 4 N–H and O–H groups in total. The second kappa shape index (κ2) is 6.14. The number of aromatic nitrogens is 5. The number of hydrogen-bond acceptors (Lipinski definition) is 8. The Labute approximate surface area is 123 Å². The van der Waals surface area contributed by atoms with Crippen LogP contribution in [0.3, 0.4) is 0 Å². The minimum atomic E-state index is -0.691. The van der Waals surface area contributed by atoms with Gasteiger partial charge in [0.15, 0.2) is 0 Å². The zero-order valence-corrected chi connectivity index (χ0v) is 12.1. The number of hydrazine groups is 1. The number of nitrogen functional groups attached to an aromatic ring is 1. The molecule has 1 saturated heterocycles. The number of anilines is 2. The van der Waals surface area contributed by atoms with Crippen molar-refractivity contribution in [3.05, 3.63) is 18.7 Å². The van der Waals surface area contributed by atoms with Crippen LogP contribution in [0.25, 0.3) is 5.95 Å². The average molecular weight is 308 g/mol. The van der Waals surface area contributed by atoms with Crippen molar-refractivity contribution in [3.63, 3.8) is 0 Å². The molecule has 0 spiro atoms. The van der Waals surface area contributed by atoms with Crippen molar-refractivity contribution >= 4 is 22.7 Å². The fraction of sp³-hybridized carbons (Fsp3) is 0.455. The lowest BCUT2D eigenvalue weighted by Gasteiger charge is -2.22. The summed E-state index contributed by atoms with van der Waals surface area (Å²) >= 11 is 0. The van der Waals surface area contributed by atoms with Crippen molar-refractivity contribution < 1.29 is 4.21 Å². The average Bonchev–Trinajstić information content (AvgIpc) is 3.04. The lowest BCUT2D eigenvalue weighted by atomic mass is 10.2. The minimum absolute atomic E-state index is 0.214. The predicted molar refractivity (Wildman–Crippen MR) is 79.3 cm³/mol. The molecule has 3 heterocycles. The molecule has 0 aliphatic carbocycles. The molecule has 112 valence electrons. The molecule has 0 atom stereocenters. The van der Waals surface area contributed by atoms with Crippen LogP contribution in [0.4, 0.5) is 11.9 Å². The molecule has 9 nitrogen and oxygen atoms in total. The van der Waals surface area contributed by atoms with Crippen molar-refractivity contribution in [1.82, 2.24) is 24.5 Å². The van der Waals surface area contributed by atoms with Gasteiger partial charge < -0.3 is 5.32 Å². The first-order valence-corrected chi connectivity index (χ1v) is 8.06. The van der Waals surface area contributed by atoms with Gasteiger partial charge in [0.25, 0.3) is 0 Å².